The van der Waals surface area contributed by atoms with Gasteiger partial charge in [-0.1, -0.05) is 0 Å². The predicted molar refractivity (Wildman–Crippen MR) is 135 cm³/mol. The first-order valence-electron chi connectivity index (χ1n) is 13.5. The lowest BCUT2D eigenvalue weighted by molar-refractivity contribution is -0.141. The highest BCUT2D eigenvalue weighted by Gasteiger charge is 2.42. The SMILES string of the molecule is Cc1cc(Nc2nc(NC3CC4CCCC(C3)N4C(=O)CC3CC3)nc(OCC3COC3)c2C)n[nH]1. The summed E-state index contributed by atoms with van der Waals surface area (Å²) < 4.78 is 11.4. The number of ether oxygens (including phenoxy) is 2. The van der Waals surface area contributed by atoms with Crippen LogP contribution in [0.2, 0.25) is 0 Å². The quantitative estimate of drug-likeness (QED) is 0.482. The minimum atomic E-state index is 0.223. The molecule has 10 nitrogen and oxygen atoms in total. The summed E-state index contributed by atoms with van der Waals surface area (Å²) in [5.41, 5.74) is 1.82. The van der Waals surface area contributed by atoms with Crippen molar-refractivity contribution in [3.63, 3.8) is 0 Å². The number of nitrogens with one attached hydrogen (secondary N) is 3. The van der Waals surface area contributed by atoms with Crippen molar-refractivity contribution in [2.24, 2.45) is 11.8 Å². The lowest BCUT2D eigenvalue weighted by Gasteiger charge is -2.49. The van der Waals surface area contributed by atoms with Crippen molar-refractivity contribution in [2.45, 2.75) is 83.3 Å². The number of nitrogens with zero attached hydrogens (tertiary/aromatic N) is 4. The third-order valence-electron chi connectivity index (χ3n) is 7.97. The second-order valence-electron chi connectivity index (χ2n) is 11.1. The van der Waals surface area contributed by atoms with E-state index in [1.54, 1.807) is 0 Å². The van der Waals surface area contributed by atoms with E-state index >= 15 is 0 Å². The van der Waals surface area contributed by atoms with Gasteiger partial charge in [0.05, 0.1) is 25.4 Å². The summed E-state index contributed by atoms with van der Waals surface area (Å²) >= 11 is 0. The van der Waals surface area contributed by atoms with Crippen molar-refractivity contribution in [3.05, 3.63) is 17.3 Å². The molecule has 2 unspecified atom stereocenters. The van der Waals surface area contributed by atoms with Gasteiger partial charge in [0.15, 0.2) is 5.82 Å². The van der Waals surface area contributed by atoms with Gasteiger partial charge in [-0.3, -0.25) is 9.89 Å². The minimum Gasteiger partial charge on any atom is -0.477 e. The smallest absolute Gasteiger partial charge is 0.228 e. The molecular formula is C26H37N7O3. The molecule has 2 aromatic heterocycles. The maximum Gasteiger partial charge on any atom is 0.228 e. The van der Waals surface area contributed by atoms with Gasteiger partial charge in [-0.25, -0.2) is 0 Å². The van der Waals surface area contributed by atoms with Crippen molar-refractivity contribution in [3.8, 4) is 5.88 Å². The molecule has 0 aromatic carbocycles. The molecule has 6 rings (SSSR count). The van der Waals surface area contributed by atoms with Crippen LogP contribution in [-0.4, -0.2) is 68.9 Å². The largest absolute Gasteiger partial charge is 0.477 e. The molecule has 36 heavy (non-hydrogen) atoms. The number of anilines is 3. The van der Waals surface area contributed by atoms with Crippen LogP contribution in [-0.2, 0) is 9.53 Å². The number of hydrogen-bond acceptors (Lipinski definition) is 8. The van der Waals surface area contributed by atoms with Crippen LogP contribution >= 0.6 is 0 Å². The van der Waals surface area contributed by atoms with Gasteiger partial charge >= 0.3 is 0 Å². The Morgan fingerprint density at radius 1 is 1.14 bits per heavy atom. The molecule has 3 aliphatic heterocycles. The number of fused-ring (bicyclic) bond motifs is 2. The number of aromatic amines is 1. The number of rotatable bonds is 9. The van der Waals surface area contributed by atoms with Crippen LogP contribution in [0.3, 0.4) is 0 Å². The molecule has 3 saturated heterocycles. The van der Waals surface area contributed by atoms with E-state index in [-0.39, 0.29) is 6.04 Å². The molecule has 0 spiro atoms. The van der Waals surface area contributed by atoms with Crippen LogP contribution < -0.4 is 15.4 Å². The second kappa shape index (κ2) is 9.88. The fourth-order valence-electron chi connectivity index (χ4n) is 5.77. The zero-order chi connectivity index (χ0) is 24.6. The first-order chi connectivity index (χ1) is 17.5. The Morgan fingerprint density at radius 2 is 1.92 bits per heavy atom. The van der Waals surface area contributed by atoms with Crippen molar-refractivity contribution >= 4 is 23.5 Å². The molecule has 2 atom stereocenters. The lowest BCUT2D eigenvalue weighted by atomic mass is 9.81. The number of carbonyl (C=O) groups excluding carboxylic acids is 1. The zero-order valence-corrected chi connectivity index (χ0v) is 21.3. The standard InChI is InChI=1S/C26H37N7O3/c1-15-8-22(32-31-15)28-24-16(2)25(36-14-18-12-35-13-18)30-26(29-24)27-19-10-20-4-3-5-21(11-19)33(20)23(34)9-17-6-7-17/h8,17-21H,3-7,9-14H2,1-2H3,(H3,27,28,29,30,31,32). The van der Waals surface area contributed by atoms with Gasteiger partial charge in [0, 0.05) is 42.2 Å². The Kier molecular flexibility index (Phi) is 6.45. The number of amides is 1. The Morgan fingerprint density at radius 3 is 2.56 bits per heavy atom. The fourth-order valence-corrected chi connectivity index (χ4v) is 5.77. The van der Waals surface area contributed by atoms with Gasteiger partial charge in [-0.2, -0.15) is 15.1 Å². The van der Waals surface area contributed by atoms with Gasteiger partial charge in [0.2, 0.25) is 17.7 Å². The summed E-state index contributed by atoms with van der Waals surface area (Å²) in [6.45, 7) is 5.96. The van der Waals surface area contributed by atoms with Gasteiger partial charge in [0.25, 0.3) is 0 Å². The third kappa shape index (κ3) is 5.14. The molecule has 1 amide bonds. The number of H-pyrrole nitrogens is 1. The monoisotopic (exact) mass is 495 g/mol. The maximum atomic E-state index is 13.0. The number of aromatic nitrogens is 4. The van der Waals surface area contributed by atoms with Crippen LogP contribution in [0.1, 0.15) is 62.6 Å². The van der Waals surface area contributed by atoms with E-state index in [0.29, 0.717) is 59.9 Å². The summed E-state index contributed by atoms with van der Waals surface area (Å²) in [4.78, 5) is 24.8. The van der Waals surface area contributed by atoms with Crippen molar-refractivity contribution in [2.75, 3.05) is 30.5 Å². The zero-order valence-electron chi connectivity index (χ0n) is 21.3. The Balaban J connectivity index is 1.19. The van der Waals surface area contributed by atoms with Crippen LogP contribution in [0.5, 0.6) is 5.88 Å². The number of aryl methyl sites for hydroxylation is 1. The maximum absolute atomic E-state index is 13.0. The Hall–Kier alpha value is -2.88. The van der Waals surface area contributed by atoms with E-state index in [9.17, 15) is 4.79 Å². The van der Waals surface area contributed by atoms with E-state index in [1.165, 1.54) is 19.3 Å². The van der Waals surface area contributed by atoms with Gasteiger partial charge in [-0.05, 0) is 64.7 Å². The van der Waals surface area contributed by atoms with Crippen molar-refractivity contribution in [1.82, 2.24) is 25.1 Å². The van der Waals surface area contributed by atoms with Crippen LogP contribution in [0.25, 0.3) is 0 Å². The summed E-state index contributed by atoms with van der Waals surface area (Å²) in [7, 11) is 0. The van der Waals surface area contributed by atoms with Gasteiger partial charge in [0.1, 0.15) is 5.82 Å². The lowest BCUT2D eigenvalue weighted by Crippen LogP contribution is -2.57. The second-order valence-corrected chi connectivity index (χ2v) is 11.1. The minimum absolute atomic E-state index is 0.223. The predicted octanol–water partition coefficient (Wildman–Crippen LogP) is 3.71. The Bertz CT molecular complexity index is 1080. The number of piperidine rings is 2. The number of carbonyl (C=O) groups is 1. The molecule has 194 valence electrons. The average Bonchev–Trinajstić information content (AvgIpc) is 3.53. The van der Waals surface area contributed by atoms with Gasteiger partial charge < -0.3 is 25.0 Å². The molecule has 4 fully saturated rings. The van der Waals surface area contributed by atoms with Crippen molar-refractivity contribution in [1.29, 1.82) is 0 Å². The highest BCUT2D eigenvalue weighted by Crippen LogP contribution is 2.39. The summed E-state index contributed by atoms with van der Waals surface area (Å²) in [6, 6.07) is 2.79. The molecule has 1 aliphatic carbocycles. The van der Waals surface area contributed by atoms with Crippen LogP contribution in [0.15, 0.2) is 6.07 Å². The van der Waals surface area contributed by atoms with E-state index in [0.717, 1.165) is 56.6 Å². The summed E-state index contributed by atoms with van der Waals surface area (Å²) in [6.07, 6.45) is 8.41. The first kappa shape index (κ1) is 23.5. The van der Waals surface area contributed by atoms with Crippen molar-refractivity contribution < 1.29 is 14.3 Å². The highest BCUT2D eigenvalue weighted by molar-refractivity contribution is 5.77. The Labute approximate surface area is 211 Å². The molecule has 2 aromatic rings. The summed E-state index contributed by atoms with van der Waals surface area (Å²) in [5, 5.41) is 14.2. The van der Waals surface area contributed by atoms with Crippen LogP contribution in [0, 0.1) is 25.7 Å². The topological polar surface area (TPSA) is 117 Å². The molecule has 3 N–H and O–H groups in total. The molecule has 2 bridgehead atoms. The fraction of sp³-hybridized carbons (Fsp3) is 0.692. The number of hydrogen-bond donors (Lipinski definition) is 3. The van der Waals surface area contributed by atoms with E-state index in [2.05, 4.69) is 25.7 Å². The van der Waals surface area contributed by atoms with Crippen LogP contribution in [0.4, 0.5) is 17.6 Å². The normalized spacial score (nSPS) is 25.8. The molecule has 4 aliphatic rings. The summed E-state index contributed by atoms with van der Waals surface area (Å²) in [5.74, 6) is 3.91. The highest BCUT2D eigenvalue weighted by atomic mass is 16.5. The first-order valence-corrected chi connectivity index (χ1v) is 13.5. The third-order valence-corrected chi connectivity index (χ3v) is 7.97. The van der Waals surface area contributed by atoms with Gasteiger partial charge in [-0.15, -0.1) is 0 Å². The van der Waals surface area contributed by atoms with E-state index in [4.69, 9.17) is 19.4 Å². The van der Waals surface area contributed by atoms with E-state index in [1.807, 2.05) is 19.9 Å². The molecule has 5 heterocycles. The average molecular weight is 496 g/mol. The molecule has 10 heteroatoms. The molecular weight excluding hydrogens is 458 g/mol. The molecule has 1 saturated carbocycles. The van der Waals surface area contributed by atoms with E-state index < -0.39 is 0 Å². The molecule has 0 radical (unpaired) electrons.